The summed E-state index contributed by atoms with van der Waals surface area (Å²) in [4.78, 5) is 2.26. The Kier molecular flexibility index (Phi) is 2.26. The second-order valence-electron chi connectivity index (χ2n) is 3.49. The van der Waals surface area contributed by atoms with Crippen molar-refractivity contribution in [3.8, 4) is 0 Å². The van der Waals surface area contributed by atoms with Crippen LogP contribution in [-0.4, -0.2) is 11.5 Å². The first-order valence-corrected chi connectivity index (χ1v) is 4.56. The van der Waals surface area contributed by atoms with Gasteiger partial charge >= 0.3 is 6.18 Å². The maximum absolute atomic E-state index is 12.2. The van der Waals surface area contributed by atoms with E-state index in [1.807, 2.05) is 0 Å². The van der Waals surface area contributed by atoms with E-state index in [2.05, 4.69) is 10.3 Å². The van der Waals surface area contributed by atoms with Crippen LogP contribution in [0.25, 0.3) is 0 Å². The van der Waals surface area contributed by atoms with Crippen LogP contribution in [0.4, 0.5) is 13.2 Å². The SMILES string of the molecule is FC(F)(F)c1cc(C2CCCN2)c[nH]1. The lowest BCUT2D eigenvalue weighted by atomic mass is 10.1. The Hall–Kier alpha value is -0.970. The number of hydrogen-bond donors (Lipinski definition) is 2. The van der Waals surface area contributed by atoms with Crippen LogP contribution in [-0.2, 0) is 6.18 Å². The predicted molar refractivity (Wildman–Crippen MR) is 45.8 cm³/mol. The highest BCUT2D eigenvalue weighted by atomic mass is 19.4. The second-order valence-corrected chi connectivity index (χ2v) is 3.49. The summed E-state index contributed by atoms with van der Waals surface area (Å²) in [5.74, 6) is 0. The van der Waals surface area contributed by atoms with Crippen molar-refractivity contribution in [2.24, 2.45) is 0 Å². The molecule has 2 nitrogen and oxygen atoms in total. The molecule has 1 unspecified atom stereocenters. The highest BCUT2D eigenvalue weighted by Crippen LogP contribution is 2.31. The third-order valence-electron chi connectivity index (χ3n) is 2.47. The zero-order valence-electron chi connectivity index (χ0n) is 7.49. The standard InChI is InChI=1S/C9H11F3N2/c10-9(11,12)8-4-6(5-14-8)7-2-1-3-13-7/h4-5,7,13-14H,1-3H2. The Morgan fingerprint density at radius 3 is 2.64 bits per heavy atom. The van der Waals surface area contributed by atoms with E-state index in [-0.39, 0.29) is 6.04 Å². The fourth-order valence-corrected chi connectivity index (χ4v) is 1.74. The molecule has 78 valence electrons. The number of halogens is 3. The normalized spacial score (nSPS) is 22.9. The molecule has 2 heterocycles. The topological polar surface area (TPSA) is 27.8 Å². The molecule has 0 aliphatic carbocycles. The maximum Gasteiger partial charge on any atom is 0.431 e. The highest BCUT2D eigenvalue weighted by Gasteiger charge is 2.33. The van der Waals surface area contributed by atoms with Crippen LogP contribution in [0, 0.1) is 0 Å². The zero-order valence-corrected chi connectivity index (χ0v) is 7.49. The van der Waals surface area contributed by atoms with Gasteiger partial charge in [0.1, 0.15) is 5.69 Å². The van der Waals surface area contributed by atoms with Gasteiger partial charge in [0.05, 0.1) is 0 Å². The molecular weight excluding hydrogens is 193 g/mol. The summed E-state index contributed by atoms with van der Waals surface area (Å²) in [6, 6.07) is 1.27. The quantitative estimate of drug-likeness (QED) is 0.722. The van der Waals surface area contributed by atoms with Crippen LogP contribution < -0.4 is 5.32 Å². The molecule has 0 saturated carbocycles. The van der Waals surface area contributed by atoms with Crippen LogP contribution in [0.3, 0.4) is 0 Å². The molecule has 0 radical (unpaired) electrons. The maximum atomic E-state index is 12.2. The van der Waals surface area contributed by atoms with Crippen LogP contribution in [0.2, 0.25) is 0 Å². The fourth-order valence-electron chi connectivity index (χ4n) is 1.74. The number of aromatic amines is 1. The van der Waals surface area contributed by atoms with Crippen molar-refractivity contribution in [1.29, 1.82) is 0 Å². The average molecular weight is 204 g/mol. The zero-order chi connectivity index (χ0) is 10.2. The lowest BCUT2D eigenvalue weighted by Gasteiger charge is -2.06. The van der Waals surface area contributed by atoms with Crippen molar-refractivity contribution in [2.45, 2.75) is 25.1 Å². The molecule has 1 aromatic heterocycles. The van der Waals surface area contributed by atoms with Crippen LogP contribution in [0.5, 0.6) is 0 Å². The van der Waals surface area contributed by atoms with Gasteiger partial charge in [0.2, 0.25) is 0 Å². The summed E-state index contributed by atoms with van der Waals surface area (Å²) >= 11 is 0. The van der Waals surface area contributed by atoms with Gasteiger partial charge in [0.25, 0.3) is 0 Å². The third kappa shape index (κ3) is 1.77. The molecule has 0 amide bonds. The number of aromatic nitrogens is 1. The molecule has 2 N–H and O–H groups in total. The van der Waals surface area contributed by atoms with E-state index in [1.165, 1.54) is 12.3 Å². The number of rotatable bonds is 1. The molecular formula is C9H11F3N2. The molecule has 1 aliphatic heterocycles. The minimum Gasteiger partial charge on any atom is -0.357 e. The highest BCUT2D eigenvalue weighted by molar-refractivity contribution is 5.22. The Bertz CT molecular complexity index is 310. The Balaban J connectivity index is 2.17. The first-order valence-electron chi connectivity index (χ1n) is 4.56. The van der Waals surface area contributed by atoms with Crippen LogP contribution in [0.15, 0.2) is 12.3 Å². The van der Waals surface area contributed by atoms with E-state index < -0.39 is 11.9 Å². The molecule has 14 heavy (non-hydrogen) atoms. The summed E-state index contributed by atoms with van der Waals surface area (Å²) in [5.41, 5.74) is 0.0380. The summed E-state index contributed by atoms with van der Waals surface area (Å²) < 4.78 is 36.7. The van der Waals surface area contributed by atoms with Crippen LogP contribution >= 0.6 is 0 Å². The van der Waals surface area contributed by atoms with E-state index >= 15 is 0 Å². The molecule has 1 saturated heterocycles. The van der Waals surface area contributed by atoms with Crippen molar-refractivity contribution >= 4 is 0 Å². The van der Waals surface area contributed by atoms with Gasteiger partial charge in [-0.15, -0.1) is 0 Å². The predicted octanol–water partition coefficient (Wildman–Crippen LogP) is 2.46. The summed E-state index contributed by atoms with van der Waals surface area (Å²) in [5, 5.41) is 3.15. The van der Waals surface area contributed by atoms with Gasteiger partial charge in [0, 0.05) is 12.2 Å². The molecule has 1 fully saturated rings. The lowest BCUT2D eigenvalue weighted by molar-refractivity contribution is -0.140. The van der Waals surface area contributed by atoms with E-state index in [0.29, 0.717) is 5.56 Å². The average Bonchev–Trinajstić information content (AvgIpc) is 2.73. The molecule has 5 heteroatoms. The fraction of sp³-hybridized carbons (Fsp3) is 0.556. The minimum absolute atomic E-state index is 0.0855. The minimum atomic E-state index is -4.27. The Morgan fingerprint density at radius 2 is 2.14 bits per heavy atom. The van der Waals surface area contributed by atoms with E-state index in [4.69, 9.17) is 0 Å². The van der Waals surface area contributed by atoms with Gasteiger partial charge in [-0.05, 0) is 31.0 Å². The molecule has 1 aliphatic rings. The number of hydrogen-bond acceptors (Lipinski definition) is 1. The lowest BCUT2D eigenvalue weighted by Crippen LogP contribution is -2.12. The first kappa shape index (κ1) is 9.58. The van der Waals surface area contributed by atoms with E-state index in [0.717, 1.165) is 19.4 Å². The molecule has 1 aromatic rings. The largest absolute Gasteiger partial charge is 0.431 e. The smallest absolute Gasteiger partial charge is 0.357 e. The van der Waals surface area contributed by atoms with E-state index in [9.17, 15) is 13.2 Å². The van der Waals surface area contributed by atoms with Gasteiger partial charge in [-0.1, -0.05) is 0 Å². The monoisotopic (exact) mass is 204 g/mol. The Labute approximate surface area is 79.5 Å². The summed E-state index contributed by atoms with van der Waals surface area (Å²) in [7, 11) is 0. The van der Waals surface area contributed by atoms with E-state index in [1.54, 1.807) is 0 Å². The van der Waals surface area contributed by atoms with Crippen molar-refractivity contribution in [3.63, 3.8) is 0 Å². The Morgan fingerprint density at radius 1 is 1.36 bits per heavy atom. The molecule has 0 bridgehead atoms. The summed E-state index contributed by atoms with van der Waals surface area (Å²) in [6.07, 6.45) is -0.894. The van der Waals surface area contributed by atoms with Gasteiger partial charge in [-0.25, -0.2) is 0 Å². The van der Waals surface area contributed by atoms with Gasteiger partial charge in [-0.3, -0.25) is 0 Å². The summed E-state index contributed by atoms with van der Waals surface area (Å²) in [6.45, 7) is 0.886. The van der Waals surface area contributed by atoms with Crippen molar-refractivity contribution < 1.29 is 13.2 Å². The number of H-pyrrole nitrogens is 1. The van der Waals surface area contributed by atoms with Gasteiger partial charge < -0.3 is 10.3 Å². The van der Waals surface area contributed by atoms with Crippen molar-refractivity contribution in [1.82, 2.24) is 10.3 Å². The molecule has 0 spiro atoms. The van der Waals surface area contributed by atoms with Crippen LogP contribution in [0.1, 0.15) is 30.1 Å². The second kappa shape index (κ2) is 3.31. The molecule has 2 rings (SSSR count). The van der Waals surface area contributed by atoms with Gasteiger partial charge in [-0.2, -0.15) is 13.2 Å². The number of nitrogens with one attached hydrogen (secondary N) is 2. The number of alkyl halides is 3. The van der Waals surface area contributed by atoms with Gasteiger partial charge in [0.15, 0.2) is 0 Å². The molecule has 1 atom stereocenters. The third-order valence-corrected chi connectivity index (χ3v) is 2.47. The molecule has 0 aromatic carbocycles. The van der Waals surface area contributed by atoms with Crippen molar-refractivity contribution in [3.05, 3.63) is 23.5 Å². The first-order chi connectivity index (χ1) is 6.57. The van der Waals surface area contributed by atoms with Crippen molar-refractivity contribution in [2.75, 3.05) is 6.54 Å².